The van der Waals surface area contributed by atoms with Crippen molar-refractivity contribution < 1.29 is 0 Å². The molecule has 2 heteroatoms. The quantitative estimate of drug-likeness (QED) is 0.807. The van der Waals surface area contributed by atoms with Crippen molar-refractivity contribution in [1.29, 1.82) is 5.26 Å². The Morgan fingerprint density at radius 2 is 2.18 bits per heavy atom. The van der Waals surface area contributed by atoms with E-state index in [1.54, 1.807) is 0 Å². The summed E-state index contributed by atoms with van der Waals surface area (Å²) in [6.07, 6.45) is 5.41. The Labute approximate surface area is 104 Å². The van der Waals surface area contributed by atoms with Crippen LogP contribution < -0.4 is 5.32 Å². The summed E-state index contributed by atoms with van der Waals surface area (Å²) in [5.74, 6) is 0. The maximum absolute atomic E-state index is 9.63. The molecule has 2 rings (SSSR count). The predicted octanol–water partition coefficient (Wildman–Crippen LogP) is 3.13. The fourth-order valence-electron chi connectivity index (χ4n) is 2.67. The number of rotatable bonds is 3. The highest BCUT2D eigenvalue weighted by Gasteiger charge is 2.34. The summed E-state index contributed by atoms with van der Waals surface area (Å²) in [6, 6.07) is 10.9. The minimum Gasteiger partial charge on any atom is -0.296 e. The van der Waals surface area contributed by atoms with Crippen molar-refractivity contribution in [1.82, 2.24) is 5.32 Å². The van der Waals surface area contributed by atoms with Gasteiger partial charge in [-0.05, 0) is 49.8 Å². The predicted molar refractivity (Wildman–Crippen MR) is 69.6 cm³/mol. The molecule has 0 spiro atoms. The van der Waals surface area contributed by atoms with E-state index in [0.29, 0.717) is 0 Å². The molecule has 1 aliphatic carbocycles. The Hall–Kier alpha value is -1.33. The van der Waals surface area contributed by atoms with Crippen LogP contribution in [0.5, 0.6) is 0 Å². The van der Waals surface area contributed by atoms with Gasteiger partial charge in [0.05, 0.1) is 6.07 Å². The number of hydrogen-bond acceptors (Lipinski definition) is 2. The minimum atomic E-state index is -0.455. The Morgan fingerprint density at radius 3 is 2.94 bits per heavy atom. The summed E-state index contributed by atoms with van der Waals surface area (Å²) < 4.78 is 0. The van der Waals surface area contributed by atoms with Gasteiger partial charge < -0.3 is 0 Å². The van der Waals surface area contributed by atoms with Crippen molar-refractivity contribution in [3.8, 4) is 6.07 Å². The zero-order valence-electron chi connectivity index (χ0n) is 10.5. The Kier molecular flexibility index (Phi) is 3.81. The molecule has 2 nitrogen and oxygen atoms in total. The fraction of sp³-hybridized carbons (Fsp3) is 0.533. The van der Waals surface area contributed by atoms with Gasteiger partial charge in [0.1, 0.15) is 5.54 Å². The lowest BCUT2D eigenvalue weighted by Gasteiger charge is -2.28. The van der Waals surface area contributed by atoms with E-state index >= 15 is 0 Å². The third-order valence-electron chi connectivity index (χ3n) is 3.59. The molecular formula is C15H20N2. The molecule has 0 amide bonds. The molecular weight excluding hydrogens is 208 g/mol. The van der Waals surface area contributed by atoms with E-state index < -0.39 is 5.54 Å². The molecule has 17 heavy (non-hydrogen) atoms. The molecule has 1 N–H and O–H groups in total. The average molecular weight is 228 g/mol. The fourth-order valence-corrected chi connectivity index (χ4v) is 2.67. The molecule has 0 aliphatic heterocycles. The lowest BCUT2D eigenvalue weighted by atomic mass is 9.85. The van der Waals surface area contributed by atoms with E-state index in [9.17, 15) is 5.26 Å². The maximum Gasteiger partial charge on any atom is 0.132 e. The number of aryl methyl sites for hydroxylation is 1. The number of fused-ring (bicyclic) bond motifs is 1. The van der Waals surface area contributed by atoms with Crippen molar-refractivity contribution in [3.63, 3.8) is 0 Å². The summed E-state index contributed by atoms with van der Waals surface area (Å²) in [6.45, 7) is 3.04. The first-order valence-electron chi connectivity index (χ1n) is 6.57. The lowest BCUT2D eigenvalue weighted by Crippen LogP contribution is -2.41. The van der Waals surface area contributed by atoms with E-state index in [2.05, 4.69) is 36.5 Å². The van der Waals surface area contributed by atoms with E-state index in [0.717, 1.165) is 32.2 Å². The summed E-state index contributed by atoms with van der Waals surface area (Å²) in [5, 5.41) is 13.1. The van der Waals surface area contributed by atoms with Gasteiger partial charge in [-0.1, -0.05) is 31.2 Å². The van der Waals surface area contributed by atoms with Crippen LogP contribution in [0, 0.1) is 11.3 Å². The maximum atomic E-state index is 9.63. The summed E-state index contributed by atoms with van der Waals surface area (Å²) in [7, 11) is 0. The summed E-state index contributed by atoms with van der Waals surface area (Å²) >= 11 is 0. The molecule has 0 radical (unpaired) electrons. The molecule has 90 valence electrons. The Morgan fingerprint density at radius 1 is 1.35 bits per heavy atom. The van der Waals surface area contributed by atoms with Crippen molar-refractivity contribution in [2.45, 2.75) is 44.6 Å². The van der Waals surface area contributed by atoms with E-state index in [-0.39, 0.29) is 0 Å². The summed E-state index contributed by atoms with van der Waals surface area (Å²) in [4.78, 5) is 0. The van der Waals surface area contributed by atoms with Gasteiger partial charge >= 0.3 is 0 Å². The first-order valence-corrected chi connectivity index (χ1v) is 6.57. The highest BCUT2D eigenvalue weighted by molar-refractivity contribution is 5.39. The van der Waals surface area contributed by atoms with Gasteiger partial charge in [-0.3, -0.25) is 5.32 Å². The second-order valence-electron chi connectivity index (χ2n) is 4.81. The lowest BCUT2D eigenvalue weighted by molar-refractivity contribution is 0.392. The van der Waals surface area contributed by atoms with Crippen molar-refractivity contribution in [3.05, 3.63) is 35.4 Å². The van der Waals surface area contributed by atoms with Crippen LogP contribution in [0.2, 0.25) is 0 Å². The number of nitriles is 1. The number of nitrogens with zero attached hydrogens (tertiary/aromatic N) is 1. The first kappa shape index (κ1) is 12.1. The highest BCUT2D eigenvalue weighted by Crippen LogP contribution is 2.33. The number of benzene rings is 1. The van der Waals surface area contributed by atoms with Crippen LogP contribution in [0.15, 0.2) is 24.3 Å². The van der Waals surface area contributed by atoms with Crippen molar-refractivity contribution >= 4 is 0 Å². The molecule has 1 atom stereocenters. The SMILES string of the molecule is CCCNC1(C#N)CCCCc2ccccc21. The molecule has 0 heterocycles. The van der Waals surface area contributed by atoms with Crippen molar-refractivity contribution in [2.24, 2.45) is 0 Å². The zero-order chi connectivity index (χ0) is 12.1. The van der Waals surface area contributed by atoms with Crippen LogP contribution in [0.4, 0.5) is 0 Å². The third-order valence-corrected chi connectivity index (χ3v) is 3.59. The third kappa shape index (κ3) is 2.35. The smallest absolute Gasteiger partial charge is 0.132 e. The van der Waals surface area contributed by atoms with Crippen LogP contribution in [-0.2, 0) is 12.0 Å². The molecule has 0 bridgehead atoms. The first-order chi connectivity index (χ1) is 8.32. The summed E-state index contributed by atoms with van der Waals surface area (Å²) in [5.41, 5.74) is 2.09. The topological polar surface area (TPSA) is 35.8 Å². The number of hydrogen-bond donors (Lipinski definition) is 1. The van der Waals surface area contributed by atoms with Crippen LogP contribution in [0.25, 0.3) is 0 Å². The Bertz CT molecular complexity index is 419. The van der Waals surface area contributed by atoms with Gasteiger partial charge in [0.25, 0.3) is 0 Å². The minimum absolute atomic E-state index is 0.455. The molecule has 1 aromatic carbocycles. The monoisotopic (exact) mass is 228 g/mol. The van der Waals surface area contributed by atoms with Crippen LogP contribution >= 0.6 is 0 Å². The van der Waals surface area contributed by atoms with Crippen LogP contribution in [0.1, 0.15) is 43.7 Å². The van der Waals surface area contributed by atoms with E-state index in [4.69, 9.17) is 0 Å². The van der Waals surface area contributed by atoms with Gasteiger partial charge in [-0.2, -0.15) is 5.26 Å². The van der Waals surface area contributed by atoms with Gasteiger partial charge in [0.2, 0.25) is 0 Å². The molecule has 0 saturated heterocycles. The number of nitrogens with one attached hydrogen (secondary N) is 1. The molecule has 1 aliphatic rings. The molecule has 0 saturated carbocycles. The second-order valence-corrected chi connectivity index (χ2v) is 4.81. The average Bonchev–Trinajstić information content (AvgIpc) is 2.57. The van der Waals surface area contributed by atoms with E-state index in [1.165, 1.54) is 17.5 Å². The van der Waals surface area contributed by atoms with Crippen LogP contribution in [0.3, 0.4) is 0 Å². The largest absolute Gasteiger partial charge is 0.296 e. The van der Waals surface area contributed by atoms with Crippen LogP contribution in [-0.4, -0.2) is 6.54 Å². The van der Waals surface area contributed by atoms with Gasteiger partial charge in [0.15, 0.2) is 0 Å². The molecule has 0 aromatic heterocycles. The van der Waals surface area contributed by atoms with Gasteiger partial charge in [0, 0.05) is 0 Å². The molecule has 0 fully saturated rings. The van der Waals surface area contributed by atoms with E-state index in [1.807, 2.05) is 6.07 Å². The standard InChI is InChI=1S/C15H20N2/c1-2-11-17-15(12-16)10-6-5-8-13-7-3-4-9-14(13)15/h3-4,7,9,17H,2,5-6,8,10-11H2,1H3. The van der Waals surface area contributed by atoms with Gasteiger partial charge in [-0.25, -0.2) is 0 Å². The highest BCUT2D eigenvalue weighted by atomic mass is 15.0. The zero-order valence-corrected chi connectivity index (χ0v) is 10.5. The molecule has 1 aromatic rings. The second kappa shape index (κ2) is 5.33. The van der Waals surface area contributed by atoms with Gasteiger partial charge in [-0.15, -0.1) is 0 Å². The Balaban J connectivity index is 2.41. The van der Waals surface area contributed by atoms with Crippen molar-refractivity contribution in [2.75, 3.05) is 6.54 Å². The normalized spacial score (nSPS) is 23.5. The molecule has 1 unspecified atom stereocenters.